The summed E-state index contributed by atoms with van der Waals surface area (Å²) in [5.74, 6) is -0.605. The van der Waals surface area contributed by atoms with E-state index in [4.69, 9.17) is 0 Å². The molecule has 0 radical (unpaired) electrons. The van der Waals surface area contributed by atoms with Crippen molar-refractivity contribution in [1.29, 1.82) is 0 Å². The molecule has 0 atom stereocenters. The van der Waals surface area contributed by atoms with Gasteiger partial charge in [0.2, 0.25) is 11.8 Å². The minimum absolute atomic E-state index is 0.00401. The summed E-state index contributed by atoms with van der Waals surface area (Å²) in [7, 11) is 1.47. The van der Waals surface area contributed by atoms with Crippen LogP contribution in [-0.2, 0) is 9.59 Å². The van der Waals surface area contributed by atoms with Crippen molar-refractivity contribution in [1.82, 2.24) is 4.90 Å². The summed E-state index contributed by atoms with van der Waals surface area (Å²) in [4.78, 5) is 34.3. The van der Waals surface area contributed by atoms with E-state index in [1.54, 1.807) is 12.1 Å². The first-order chi connectivity index (χ1) is 8.49. The molecule has 0 unspecified atom stereocenters. The second-order valence-electron chi connectivity index (χ2n) is 4.30. The van der Waals surface area contributed by atoms with E-state index in [1.807, 2.05) is 0 Å². The standard InChI is InChI=1S/C12H12N2O4/c1-13-11(15)6-9(7-12(13)16)8-2-4-10(5-3-8)14(17)18/h2-5,9H,6-7H2,1H3. The Morgan fingerprint density at radius 3 is 2.11 bits per heavy atom. The van der Waals surface area contributed by atoms with Crippen LogP contribution in [-0.4, -0.2) is 28.7 Å². The van der Waals surface area contributed by atoms with Crippen molar-refractivity contribution in [2.24, 2.45) is 0 Å². The number of imide groups is 1. The normalized spacial score (nSPS) is 17.1. The zero-order valence-electron chi connectivity index (χ0n) is 9.83. The number of nitro groups is 1. The zero-order chi connectivity index (χ0) is 13.3. The monoisotopic (exact) mass is 248 g/mol. The van der Waals surface area contributed by atoms with E-state index < -0.39 is 4.92 Å². The predicted octanol–water partition coefficient (Wildman–Crippen LogP) is 1.46. The molecule has 0 saturated carbocycles. The van der Waals surface area contributed by atoms with Crippen LogP contribution in [0.1, 0.15) is 24.3 Å². The summed E-state index contributed by atoms with van der Waals surface area (Å²) >= 11 is 0. The number of nitrogens with zero attached hydrogens (tertiary/aromatic N) is 2. The van der Waals surface area contributed by atoms with E-state index in [1.165, 1.54) is 19.2 Å². The molecule has 94 valence electrons. The average Bonchev–Trinajstić information content (AvgIpc) is 2.35. The maximum absolute atomic E-state index is 11.6. The molecule has 1 heterocycles. The Hall–Kier alpha value is -2.24. The van der Waals surface area contributed by atoms with Crippen molar-refractivity contribution in [3.8, 4) is 0 Å². The number of amides is 2. The quantitative estimate of drug-likeness (QED) is 0.450. The van der Waals surface area contributed by atoms with Gasteiger partial charge >= 0.3 is 0 Å². The highest BCUT2D eigenvalue weighted by Gasteiger charge is 2.30. The van der Waals surface area contributed by atoms with Gasteiger partial charge in [-0.25, -0.2) is 0 Å². The van der Waals surface area contributed by atoms with Gasteiger partial charge in [0.25, 0.3) is 5.69 Å². The largest absolute Gasteiger partial charge is 0.286 e. The molecule has 1 aromatic rings. The summed E-state index contributed by atoms with van der Waals surface area (Å²) in [5, 5.41) is 10.5. The molecule has 1 aliphatic rings. The molecule has 0 aliphatic carbocycles. The molecule has 1 saturated heterocycles. The first-order valence-electron chi connectivity index (χ1n) is 5.53. The van der Waals surface area contributed by atoms with Gasteiger partial charge in [0.1, 0.15) is 0 Å². The maximum atomic E-state index is 11.6. The maximum Gasteiger partial charge on any atom is 0.269 e. The van der Waals surface area contributed by atoms with E-state index in [-0.39, 0.29) is 36.3 Å². The molecule has 0 aromatic heterocycles. The Balaban J connectivity index is 2.19. The van der Waals surface area contributed by atoms with Crippen LogP contribution in [0, 0.1) is 10.1 Å². The topological polar surface area (TPSA) is 80.5 Å². The van der Waals surface area contributed by atoms with Crippen LogP contribution in [0.5, 0.6) is 0 Å². The van der Waals surface area contributed by atoms with Crippen LogP contribution >= 0.6 is 0 Å². The van der Waals surface area contributed by atoms with Gasteiger partial charge in [-0.1, -0.05) is 12.1 Å². The van der Waals surface area contributed by atoms with Crippen molar-refractivity contribution < 1.29 is 14.5 Å². The van der Waals surface area contributed by atoms with Gasteiger partial charge in [0.15, 0.2) is 0 Å². The van der Waals surface area contributed by atoms with Gasteiger partial charge in [0.05, 0.1) is 4.92 Å². The molecule has 0 N–H and O–H groups in total. The van der Waals surface area contributed by atoms with Gasteiger partial charge in [-0.2, -0.15) is 0 Å². The Kier molecular flexibility index (Phi) is 3.10. The van der Waals surface area contributed by atoms with Crippen molar-refractivity contribution >= 4 is 17.5 Å². The number of non-ortho nitro benzene ring substituents is 1. The van der Waals surface area contributed by atoms with Crippen LogP contribution in [0.15, 0.2) is 24.3 Å². The second kappa shape index (κ2) is 4.56. The molecule has 18 heavy (non-hydrogen) atoms. The molecule has 1 aromatic carbocycles. The van der Waals surface area contributed by atoms with Crippen molar-refractivity contribution in [2.75, 3.05) is 7.05 Å². The first kappa shape index (κ1) is 12.2. The summed E-state index contributed by atoms with van der Waals surface area (Å²) < 4.78 is 0. The lowest BCUT2D eigenvalue weighted by Gasteiger charge is -2.27. The van der Waals surface area contributed by atoms with Gasteiger partial charge in [0, 0.05) is 37.9 Å². The fourth-order valence-electron chi connectivity index (χ4n) is 2.01. The number of hydrogen-bond donors (Lipinski definition) is 0. The molecule has 0 bridgehead atoms. The number of nitro benzene ring substituents is 1. The lowest BCUT2D eigenvalue weighted by Crippen LogP contribution is -2.39. The van der Waals surface area contributed by atoms with Crippen LogP contribution in [0.4, 0.5) is 5.69 Å². The molecule has 1 fully saturated rings. The number of benzene rings is 1. The Labute approximate surface area is 103 Å². The van der Waals surface area contributed by atoms with Crippen molar-refractivity contribution in [3.05, 3.63) is 39.9 Å². The summed E-state index contributed by atoms with van der Waals surface area (Å²) in [6.45, 7) is 0. The fraction of sp³-hybridized carbons (Fsp3) is 0.333. The van der Waals surface area contributed by atoms with Crippen molar-refractivity contribution in [3.63, 3.8) is 0 Å². The van der Waals surface area contributed by atoms with Gasteiger partial charge < -0.3 is 0 Å². The number of rotatable bonds is 2. The molecule has 6 heteroatoms. The number of carbonyl (C=O) groups excluding carboxylic acids is 2. The third-order valence-corrected chi connectivity index (χ3v) is 3.17. The molecule has 0 spiro atoms. The van der Waals surface area contributed by atoms with Crippen LogP contribution < -0.4 is 0 Å². The number of piperidine rings is 1. The smallest absolute Gasteiger partial charge is 0.269 e. The van der Waals surface area contributed by atoms with Gasteiger partial charge in [-0.05, 0) is 5.56 Å². The lowest BCUT2D eigenvalue weighted by molar-refractivity contribution is -0.384. The first-order valence-corrected chi connectivity index (χ1v) is 5.53. The van der Waals surface area contributed by atoms with E-state index in [0.29, 0.717) is 0 Å². The third kappa shape index (κ3) is 2.22. The highest BCUT2D eigenvalue weighted by atomic mass is 16.6. The number of carbonyl (C=O) groups is 2. The SMILES string of the molecule is CN1C(=O)CC(c2ccc([N+](=O)[O-])cc2)CC1=O. The Morgan fingerprint density at radius 2 is 1.67 bits per heavy atom. The van der Waals surface area contributed by atoms with E-state index in [2.05, 4.69) is 0 Å². The van der Waals surface area contributed by atoms with Gasteiger partial charge in [-0.3, -0.25) is 24.6 Å². The minimum atomic E-state index is -0.477. The highest BCUT2D eigenvalue weighted by molar-refractivity contribution is 5.98. The second-order valence-corrected chi connectivity index (χ2v) is 4.30. The summed E-state index contributed by atoms with van der Waals surface area (Å²) in [6.07, 6.45) is 0.528. The summed E-state index contributed by atoms with van der Waals surface area (Å²) in [6, 6.07) is 5.99. The fourth-order valence-corrected chi connectivity index (χ4v) is 2.01. The highest BCUT2D eigenvalue weighted by Crippen LogP contribution is 2.29. The van der Waals surface area contributed by atoms with E-state index >= 15 is 0 Å². The van der Waals surface area contributed by atoms with Gasteiger partial charge in [-0.15, -0.1) is 0 Å². The molecular weight excluding hydrogens is 236 g/mol. The molecule has 2 rings (SSSR count). The van der Waals surface area contributed by atoms with Crippen LogP contribution in [0.3, 0.4) is 0 Å². The third-order valence-electron chi connectivity index (χ3n) is 3.17. The van der Waals surface area contributed by atoms with Crippen LogP contribution in [0.2, 0.25) is 0 Å². The Bertz CT molecular complexity index is 491. The van der Waals surface area contributed by atoms with Crippen molar-refractivity contribution in [2.45, 2.75) is 18.8 Å². The molecule has 1 aliphatic heterocycles. The van der Waals surface area contributed by atoms with E-state index in [9.17, 15) is 19.7 Å². The van der Waals surface area contributed by atoms with E-state index in [0.717, 1.165) is 10.5 Å². The lowest BCUT2D eigenvalue weighted by atomic mass is 9.89. The number of likely N-dealkylation sites (tertiary alicyclic amines) is 1. The average molecular weight is 248 g/mol. The molecule has 6 nitrogen and oxygen atoms in total. The zero-order valence-corrected chi connectivity index (χ0v) is 9.83. The molecule has 2 amide bonds. The number of hydrogen-bond acceptors (Lipinski definition) is 4. The Morgan fingerprint density at radius 1 is 1.17 bits per heavy atom. The predicted molar refractivity (Wildman–Crippen MR) is 62.8 cm³/mol. The summed E-state index contributed by atoms with van der Waals surface area (Å²) in [5.41, 5.74) is 0.791. The van der Waals surface area contributed by atoms with Crippen LogP contribution in [0.25, 0.3) is 0 Å². The molecular formula is C12H12N2O4. The minimum Gasteiger partial charge on any atom is -0.286 e.